The van der Waals surface area contributed by atoms with Gasteiger partial charge in [-0.05, 0) is 19.1 Å². The van der Waals surface area contributed by atoms with Gasteiger partial charge in [0, 0.05) is 12.1 Å². The van der Waals surface area contributed by atoms with Crippen LogP contribution in [0.4, 0.5) is 0 Å². The summed E-state index contributed by atoms with van der Waals surface area (Å²) in [6, 6.07) is 3.47. The van der Waals surface area contributed by atoms with Crippen LogP contribution in [0.1, 0.15) is 12.6 Å². The number of carbonyl (C=O) groups is 1. The fourth-order valence-corrected chi connectivity index (χ4v) is 1.09. The molecular weight excluding hydrogens is 188 g/mol. The minimum Gasteiger partial charge on any atom is -0.408 e. The summed E-state index contributed by atoms with van der Waals surface area (Å²) >= 11 is 0.768. The minimum absolute atomic E-state index is 0.0920. The molecule has 0 atom stereocenters. The lowest BCUT2D eigenvalue weighted by Crippen LogP contribution is -1.98. The van der Waals surface area contributed by atoms with E-state index in [1.54, 1.807) is 12.1 Å². The maximum atomic E-state index is 10.7. The van der Waals surface area contributed by atoms with Gasteiger partial charge in [0.05, 0.1) is 6.20 Å². The van der Waals surface area contributed by atoms with Gasteiger partial charge in [-0.3, -0.25) is 9.78 Å². The van der Waals surface area contributed by atoms with E-state index in [9.17, 15) is 4.79 Å². The van der Waals surface area contributed by atoms with Gasteiger partial charge in [-0.25, -0.2) is 5.14 Å². The van der Waals surface area contributed by atoms with Crippen LogP contribution in [0.2, 0.25) is 0 Å². The third kappa shape index (κ3) is 3.43. The van der Waals surface area contributed by atoms with Gasteiger partial charge >= 0.3 is 0 Å². The van der Waals surface area contributed by atoms with E-state index in [2.05, 4.69) is 4.98 Å². The molecule has 0 aliphatic carbocycles. The molecule has 0 spiro atoms. The average molecular weight is 198 g/mol. The van der Waals surface area contributed by atoms with Crippen molar-refractivity contribution in [3.63, 3.8) is 0 Å². The van der Waals surface area contributed by atoms with Crippen LogP contribution >= 0.6 is 12.2 Å². The molecule has 0 amide bonds. The molecule has 0 fully saturated rings. The lowest BCUT2D eigenvalue weighted by Gasteiger charge is -2.00. The second kappa shape index (κ2) is 4.84. The van der Waals surface area contributed by atoms with Crippen molar-refractivity contribution in [2.75, 3.05) is 0 Å². The van der Waals surface area contributed by atoms with Crippen molar-refractivity contribution in [3.8, 4) is 5.75 Å². The molecular formula is C8H10N2O2S. The van der Waals surface area contributed by atoms with E-state index >= 15 is 0 Å². The lowest BCUT2D eigenvalue weighted by molar-refractivity contribution is -0.116. The molecule has 0 aliphatic heterocycles. The Hall–Kier alpha value is -1.07. The van der Waals surface area contributed by atoms with Gasteiger partial charge in [0.2, 0.25) is 0 Å². The molecule has 1 aromatic heterocycles. The summed E-state index contributed by atoms with van der Waals surface area (Å²) in [5.41, 5.74) is 0.738. The first-order valence-corrected chi connectivity index (χ1v) is 4.50. The van der Waals surface area contributed by atoms with Gasteiger partial charge in [-0.1, -0.05) is 0 Å². The van der Waals surface area contributed by atoms with E-state index in [1.165, 1.54) is 13.1 Å². The highest BCUT2D eigenvalue weighted by atomic mass is 32.2. The van der Waals surface area contributed by atoms with Crippen molar-refractivity contribution in [2.45, 2.75) is 13.3 Å². The summed E-state index contributed by atoms with van der Waals surface area (Å²) in [7, 11) is 0. The summed E-state index contributed by atoms with van der Waals surface area (Å²) in [5, 5.41) is 5.09. The van der Waals surface area contributed by atoms with Crippen LogP contribution in [0.15, 0.2) is 18.3 Å². The van der Waals surface area contributed by atoms with E-state index in [4.69, 9.17) is 9.32 Å². The van der Waals surface area contributed by atoms with Crippen LogP contribution < -0.4 is 9.32 Å². The first kappa shape index (κ1) is 10.0. The summed E-state index contributed by atoms with van der Waals surface area (Å²) in [4.78, 5) is 14.8. The van der Waals surface area contributed by atoms with Crippen LogP contribution in [-0.4, -0.2) is 10.8 Å². The number of aromatic nitrogens is 1. The van der Waals surface area contributed by atoms with Crippen molar-refractivity contribution in [1.82, 2.24) is 4.98 Å². The fourth-order valence-electron chi connectivity index (χ4n) is 0.875. The van der Waals surface area contributed by atoms with E-state index in [-0.39, 0.29) is 5.78 Å². The summed E-state index contributed by atoms with van der Waals surface area (Å²) < 4.78 is 4.91. The molecule has 2 N–H and O–H groups in total. The first-order valence-electron chi connectivity index (χ1n) is 3.70. The van der Waals surface area contributed by atoms with Crippen molar-refractivity contribution < 1.29 is 8.98 Å². The molecule has 70 valence electrons. The Morgan fingerprint density at radius 1 is 1.69 bits per heavy atom. The van der Waals surface area contributed by atoms with Crippen molar-refractivity contribution >= 4 is 18.0 Å². The van der Waals surface area contributed by atoms with Crippen LogP contribution in [0.5, 0.6) is 5.75 Å². The number of hydrogen-bond donors (Lipinski definition) is 1. The standard InChI is InChI=1S/C8H10N2O2S/c1-6(11)4-7-2-3-8(5-10-7)12-13-9/h2-3,5H,4,9H2,1H3. The molecule has 1 aromatic rings. The Morgan fingerprint density at radius 2 is 2.46 bits per heavy atom. The van der Waals surface area contributed by atoms with Gasteiger partial charge in [-0.2, -0.15) is 0 Å². The number of Topliss-reactive ketones (excluding diaryl/α,β-unsaturated/α-hetero) is 1. The lowest BCUT2D eigenvalue weighted by atomic mass is 10.2. The Bertz CT molecular complexity index is 287. The van der Waals surface area contributed by atoms with Crippen molar-refractivity contribution in [3.05, 3.63) is 24.0 Å². The number of nitrogens with two attached hydrogens (primary N) is 1. The third-order valence-electron chi connectivity index (χ3n) is 1.37. The molecule has 0 bridgehead atoms. The Balaban J connectivity index is 2.64. The fraction of sp³-hybridized carbons (Fsp3) is 0.250. The summed E-state index contributed by atoms with van der Waals surface area (Å²) in [6.07, 6.45) is 1.90. The van der Waals surface area contributed by atoms with Crippen molar-refractivity contribution in [1.29, 1.82) is 0 Å². The molecule has 5 heteroatoms. The zero-order valence-electron chi connectivity index (χ0n) is 7.19. The monoisotopic (exact) mass is 198 g/mol. The van der Waals surface area contributed by atoms with Gasteiger partial charge in [0.1, 0.15) is 18.0 Å². The zero-order chi connectivity index (χ0) is 9.68. The van der Waals surface area contributed by atoms with Crippen LogP contribution in [0.25, 0.3) is 0 Å². The number of hydrogen-bond acceptors (Lipinski definition) is 5. The predicted molar refractivity (Wildman–Crippen MR) is 51.0 cm³/mol. The van der Waals surface area contributed by atoms with Crippen molar-refractivity contribution in [2.24, 2.45) is 5.14 Å². The van der Waals surface area contributed by atoms with Gasteiger partial charge in [0.25, 0.3) is 0 Å². The van der Waals surface area contributed by atoms with E-state index < -0.39 is 0 Å². The SMILES string of the molecule is CC(=O)Cc1ccc(OSN)cn1. The highest BCUT2D eigenvalue weighted by Gasteiger charge is 1.99. The van der Waals surface area contributed by atoms with E-state index in [1.807, 2.05) is 0 Å². The summed E-state index contributed by atoms with van der Waals surface area (Å²) in [5.74, 6) is 0.675. The average Bonchev–Trinajstić information content (AvgIpc) is 2.08. The number of carbonyl (C=O) groups excluding carboxylic acids is 1. The topological polar surface area (TPSA) is 65.2 Å². The quantitative estimate of drug-likeness (QED) is 0.580. The molecule has 1 rings (SSSR count). The largest absolute Gasteiger partial charge is 0.408 e. The number of rotatable bonds is 4. The van der Waals surface area contributed by atoms with Gasteiger partial charge < -0.3 is 4.18 Å². The smallest absolute Gasteiger partial charge is 0.157 e. The molecule has 4 nitrogen and oxygen atoms in total. The highest BCUT2D eigenvalue weighted by molar-refractivity contribution is 7.92. The van der Waals surface area contributed by atoms with Gasteiger partial charge in [0.15, 0.2) is 5.75 Å². The van der Waals surface area contributed by atoms with Crippen LogP contribution in [0, 0.1) is 0 Å². The first-order chi connectivity index (χ1) is 6.22. The third-order valence-corrected chi connectivity index (χ3v) is 1.66. The van der Waals surface area contributed by atoms with Gasteiger partial charge in [-0.15, -0.1) is 0 Å². The number of ketones is 1. The maximum absolute atomic E-state index is 10.7. The molecule has 0 aliphatic rings. The highest BCUT2D eigenvalue weighted by Crippen LogP contribution is 2.12. The van der Waals surface area contributed by atoms with Crippen LogP contribution in [0.3, 0.4) is 0 Å². The second-order valence-electron chi connectivity index (χ2n) is 2.54. The predicted octanol–water partition coefficient (Wildman–Crippen LogP) is 1.11. The molecule has 0 saturated carbocycles. The number of pyridine rings is 1. The molecule has 13 heavy (non-hydrogen) atoms. The summed E-state index contributed by atoms with van der Waals surface area (Å²) in [6.45, 7) is 1.53. The number of nitrogens with zero attached hydrogens (tertiary/aromatic N) is 1. The zero-order valence-corrected chi connectivity index (χ0v) is 8.00. The molecule has 0 unspecified atom stereocenters. The molecule has 0 radical (unpaired) electrons. The Labute approximate surface area is 80.8 Å². The van der Waals surface area contributed by atoms with Crippen LogP contribution in [-0.2, 0) is 11.2 Å². The molecule has 0 aromatic carbocycles. The van der Waals surface area contributed by atoms with E-state index in [0.29, 0.717) is 12.2 Å². The Kier molecular flexibility index (Phi) is 3.72. The minimum atomic E-state index is 0.0920. The second-order valence-corrected chi connectivity index (χ2v) is 2.90. The Morgan fingerprint density at radius 3 is 2.92 bits per heavy atom. The normalized spacial score (nSPS) is 9.69. The van der Waals surface area contributed by atoms with E-state index in [0.717, 1.165) is 17.9 Å². The maximum Gasteiger partial charge on any atom is 0.157 e. The molecule has 0 saturated heterocycles. The molecule has 1 heterocycles.